The molecular formula is C28H29F2N3O5. The Balaban J connectivity index is 1.50. The zero-order valence-electron chi connectivity index (χ0n) is 21.0. The van der Waals surface area contributed by atoms with Crippen LogP contribution in [0, 0.1) is 11.6 Å². The maximum Gasteiger partial charge on any atom is 0.254 e. The van der Waals surface area contributed by atoms with Crippen molar-refractivity contribution in [2.24, 2.45) is 0 Å². The van der Waals surface area contributed by atoms with Gasteiger partial charge < -0.3 is 28.6 Å². The van der Waals surface area contributed by atoms with Gasteiger partial charge in [0, 0.05) is 61.7 Å². The number of hydrogen-bond acceptors (Lipinski definition) is 7. The largest absolute Gasteiger partial charge is 0.440 e. The molecular weight excluding hydrogens is 496 g/mol. The second-order valence-corrected chi connectivity index (χ2v) is 9.87. The van der Waals surface area contributed by atoms with Crippen molar-refractivity contribution in [3.05, 3.63) is 69.4 Å². The molecule has 0 aliphatic carbocycles. The highest BCUT2D eigenvalue weighted by molar-refractivity contribution is 5.99. The Morgan fingerprint density at radius 3 is 2.24 bits per heavy atom. The summed E-state index contributed by atoms with van der Waals surface area (Å²) >= 11 is 0. The number of carbonyl (C=O) groups excluding carboxylic acids is 1. The van der Waals surface area contributed by atoms with Crippen LogP contribution in [0.1, 0.15) is 34.8 Å². The minimum atomic E-state index is -0.659. The Morgan fingerprint density at radius 2 is 1.53 bits per heavy atom. The van der Waals surface area contributed by atoms with Gasteiger partial charge in [-0.05, 0) is 37.1 Å². The Morgan fingerprint density at radius 1 is 0.842 bits per heavy atom. The second-order valence-electron chi connectivity index (χ2n) is 9.87. The number of anilines is 2. The predicted molar refractivity (Wildman–Crippen MR) is 138 cm³/mol. The normalized spacial score (nSPS) is 20.4. The molecule has 10 heteroatoms. The van der Waals surface area contributed by atoms with Crippen molar-refractivity contribution in [3.8, 4) is 0 Å². The van der Waals surface area contributed by atoms with Gasteiger partial charge in [0.05, 0.1) is 37.9 Å². The fraction of sp³-hybridized carbons (Fsp3) is 0.429. The highest BCUT2D eigenvalue weighted by Gasteiger charge is 2.32. The lowest BCUT2D eigenvalue weighted by Gasteiger charge is -2.30. The Kier molecular flexibility index (Phi) is 6.75. The van der Waals surface area contributed by atoms with Crippen LogP contribution in [0.5, 0.6) is 0 Å². The molecule has 6 rings (SSSR count). The number of hydrogen-bond donors (Lipinski definition) is 0. The summed E-state index contributed by atoms with van der Waals surface area (Å²) < 4.78 is 45.5. The van der Waals surface area contributed by atoms with Crippen molar-refractivity contribution in [1.29, 1.82) is 0 Å². The number of carbonyl (C=O) groups is 1. The number of rotatable bonds is 4. The van der Waals surface area contributed by atoms with Crippen molar-refractivity contribution in [1.82, 2.24) is 4.90 Å². The number of amides is 1. The van der Waals surface area contributed by atoms with Gasteiger partial charge >= 0.3 is 0 Å². The summed E-state index contributed by atoms with van der Waals surface area (Å²) in [7, 11) is 0. The van der Waals surface area contributed by atoms with E-state index in [1.54, 1.807) is 17.0 Å². The summed E-state index contributed by atoms with van der Waals surface area (Å²) in [6, 6.07) is 7.98. The standard InChI is InChI=1S/C28H29F2N3O5/c29-19-14-20(30)16-21(15-19)33-3-1-2-24(33)22-12-18(28(35)32-6-10-37-11-7-32)13-23-25(34)17-26(38-27(22)23)31-4-8-36-9-5-31/h12-17,24H,1-11H2/t24-/m0/s1. The summed E-state index contributed by atoms with van der Waals surface area (Å²) in [4.78, 5) is 32.5. The minimum Gasteiger partial charge on any atom is -0.440 e. The molecule has 0 radical (unpaired) electrons. The van der Waals surface area contributed by atoms with Gasteiger partial charge in [-0.15, -0.1) is 0 Å². The third-order valence-corrected chi connectivity index (χ3v) is 7.50. The lowest BCUT2D eigenvalue weighted by Crippen LogP contribution is -2.40. The van der Waals surface area contributed by atoms with Crippen LogP contribution in [-0.2, 0) is 9.47 Å². The van der Waals surface area contributed by atoms with E-state index in [2.05, 4.69) is 0 Å². The molecule has 3 fully saturated rings. The van der Waals surface area contributed by atoms with E-state index in [1.165, 1.54) is 18.2 Å². The Labute approximate surface area is 218 Å². The molecule has 0 saturated carbocycles. The monoisotopic (exact) mass is 525 g/mol. The molecule has 3 aliphatic heterocycles. The molecule has 3 aromatic rings. The maximum atomic E-state index is 14.1. The van der Waals surface area contributed by atoms with E-state index < -0.39 is 11.6 Å². The van der Waals surface area contributed by atoms with Crippen molar-refractivity contribution in [3.63, 3.8) is 0 Å². The number of benzene rings is 2. The number of nitrogens with zero attached hydrogens (tertiary/aromatic N) is 3. The van der Waals surface area contributed by atoms with Gasteiger partial charge in [0.25, 0.3) is 5.91 Å². The highest BCUT2D eigenvalue weighted by Crippen LogP contribution is 2.40. The molecule has 0 bridgehead atoms. The lowest BCUT2D eigenvalue weighted by molar-refractivity contribution is 0.0303. The Bertz CT molecular complexity index is 1400. The van der Waals surface area contributed by atoms with E-state index in [9.17, 15) is 18.4 Å². The maximum absolute atomic E-state index is 14.1. The van der Waals surface area contributed by atoms with Gasteiger partial charge in [-0.1, -0.05) is 0 Å². The molecule has 200 valence electrons. The topological polar surface area (TPSA) is 75.5 Å². The van der Waals surface area contributed by atoms with E-state index in [1.807, 2.05) is 9.80 Å². The van der Waals surface area contributed by atoms with Gasteiger partial charge in [-0.25, -0.2) is 8.78 Å². The first-order valence-electron chi connectivity index (χ1n) is 13.0. The van der Waals surface area contributed by atoms with Crippen LogP contribution in [0.4, 0.5) is 20.4 Å². The molecule has 1 aromatic heterocycles. The van der Waals surface area contributed by atoms with Gasteiger partial charge in [-0.3, -0.25) is 9.59 Å². The fourth-order valence-electron chi connectivity index (χ4n) is 5.64. The molecule has 1 amide bonds. The van der Waals surface area contributed by atoms with Crippen LogP contribution < -0.4 is 15.2 Å². The first-order valence-corrected chi connectivity index (χ1v) is 13.0. The van der Waals surface area contributed by atoms with Crippen molar-refractivity contribution in [2.45, 2.75) is 18.9 Å². The summed E-state index contributed by atoms with van der Waals surface area (Å²) in [5.74, 6) is -1.06. The zero-order chi connectivity index (χ0) is 26.2. The molecule has 0 spiro atoms. The molecule has 3 saturated heterocycles. The Hall–Kier alpha value is -3.50. The van der Waals surface area contributed by atoms with E-state index in [0.29, 0.717) is 99.2 Å². The van der Waals surface area contributed by atoms with Crippen LogP contribution in [0.25, 0.3) is 11.0 Å². The summed E-state index contributed by atoms with van der Waals surface area (Å²) in [5, 5.41) is 0.313. The first kappa shape index (κ1) is 24.8. The van der Waals surface area contributed by atoms with Crippen LogP contribution in [0.2, 0.25) is 0 Å². The van der Waals surface area contributed by atoms with Crippen LogP contribution >= 0.6 is 0 Å². The molecule has 8 nitrogen and oxygen atoms in total. The summed E-state index contributed by atoms with van der Waals surface area (Å²) in [5.41, 5.74) is 1.61. The third kappa shape index (κ3) is 4.74. The van der Waals surface area contributed by atoms with Gasteiger partial charge in [0.1, 0.15) is 17.2 Å². The van der Waals surface area contributed by atoms with Crippen molar-refractivity contribution < 1.29 is 27.5 Å². The SMILES string of the molecule is O=C(c1cc([C@@H]2CCCN2c2cc(F)cc(F)c2)c2oc(N3CCOCC3)cc(=O)c2c1)N1CCOCC1. The van der Waals surface area contributed by atoms with E-state index in [0.717, 1.165) is 12.5 Å². The van der Waals surface area contributed by atoms with Crippen LogP contribution in [-0.4, -0.2) is 70.0 Å². The third-order valence-electron chi connectivity index (χ3n) is 7.50. The number of morpholine rings is 2. The molecule has 0 unspecified atom stereocenters. The second kappa shape index (κ2) is 10.3. The summed E-state index contributed by atoms with van der Waals surface area (Å²) in [6.07, 6.45) is 1.45. The van der Waals surface area contributed by atoms with Gasteiger partial charge in [0.2, 0.25) is 0 Å². The van der Waals surface area contributed by atoms with E-state index in [4.69, 9.17) is 13.9 Å². The molecule has 38 heavy (non-hydrogen) atoms. The smallest absolute Gasteiger partial charge is 0.254 e. The fourth-order valence-corrected chi connectivity index (χ4v) is 5.64. The molecule has 1 atom stereocenters. The van der Waals surface area contributed by atoms with Crippen LogP contribution in [0.3, 0.4) is 0 Å². The van der Waals surface area contributed by atoms with Gasteiger partial charge in [-0.2, -0.15) is 0 Å². The number of fused-ring (bicyclic) bond motifs is 1. The highest BCUT2D eigenvalue weighted by atomic mass is 19.1. The number of halogens is 2. The molecule has 0 N–H and O–H groups in total. The van der Waals surface area contributed by atoms with E-state index in [-0.39, 0.29) is 17.4 Å². The average Bonchev–Trinajstić information content (AvgIpc) is 3.43. The lowest BCUT2D eigenvalue weighted by atomic mass is 9.97. The van der Waals surface area contributed by atoms with Crippen molar-refractivity contribution >= 4 is 28.4 Å². The molecule has 2 aromatic carbocycles. The van der Waals surface area contributed by atoms with Crippen molar-refractivity contribution in [2.75, 3.05) is 69.0 Å². The number of ether oxygens (including phenoxy) is 2. The average molecular weight is 526 g/mol. The minimum absolute atomic E-state index is 0.186. The zero-order valence-corrected chi connectivity index (χ0v) is 21.0. The van der Waals surface area contributed by atoms with E-state index >= 15 is 0 Å². The van der Waals surface area contributed by atoms with Gasteiger partial charge in [0.15, 0.2) is 11.3 Å². The summed E-state index contributed by atoms with van der Waals surface area (Å²) in [6.45, 7) is 4.67. The molecule has 3 aliphatic rings. The predicted octanol–water partition coefficient (Wildman–Crippen LogP) is 3.72. The van der Waals surface area contributed by atoms with Crippen LogP contribution in [0.15, 0.2) is 45.6 Å². The first-order chi connectivity index (χ1) is 18.5. The molecule has 4 heterocycles. The quantitative estimate of drug-likeness (QED) is 0.514.